The molecule has 2 heterocycles. The topological polar surface area (TPSA) is 71.1 Å². The van der Waals surface area contributed by atoms with Crippen LogP contribution in [0.5, 0.6) is 0 Å². The van der Waals surface area contributed by atoms with Crippen molar-refractivity contribution in [1.29, 1.82) is 0 Å². The minimum Gasteiger partial charge on any atom is -0.309 e. The van der Waals surface area contributed by atoms with Crippen molar-refractivity contribution >= 4 is 11.9 Å². The lowest BCUT2D eigenvalue weighted by Crippen LogP contribution is -2.49. The van der Waals surface area contributed by atoms with Gasteiger partial charge in [0.1, 0.15) is 6.04 Å². The third-order valence-corrected chi connectivity index (χ3v) is 4.61. The van der Waals surface area contributed by atoms with Crippen molar-refractivity contribution < 1.29 is 19.3 Å². The van der Waals surface area contributed by atoms with E-state index in [-0.39, 0.29) is 18.0 Å². The molecule has 1 N–H and O–H groups in total. The van der Waals surface area contributed by atoms with Crippen LogP contribution in [0.4, 0.5) is 4.79 Å². The van der Waals surface area contributed by atoms with Gasteiger partial charge in [0.05, 0.1) is 19.3 Å². The number of unbranched alkanes of at least 4 members (excludes halogenated alkanes) is 1. The molecule has 0 spiro atoms. The second kappa shape index (κ2) is 8.31. The summed E-state index contributed by atoms with van der Waals surface area (Å²) in [6.45, 7) is 3.43. The van der Waals surface area contributed by atoms with E-state index in [1.807, 2.05) is 30.3 Å². The summed E-state index contributed by atoms with van der Waals surface area (Å²) in [5.41, 5.74) is 3.45. The molecule has 0 saturated carbocycles. The fraction of sp³-hybridized carbons (Fsp3) is 0.556. The Balaban J connectivity index is 1.50. The third kappa shape index (κ3) is 4.11. The molecule has 1 aromatic rings. The molecule has 2 bridgehead atoms. The third-order valence-electron chi connectivity index (χ3n) is 4.61. The van der Waals surface area contributed by atoms with Gasteiger partial charge in [-0.1, -0.05) is 43.7 Å². The highest BCUT2D eigenvalue weighted by Crippen LogP contribution is 2.30. The summed E-state index contributed by atoms with van der Waals surface area (Å²) in [6.07, 6.45) is 3.30. The number of carbonyl (C=O) groups excluding carboxylic acids is 2. The number of nitrogens with one attached hydrogen (secondary N) is 1. The quantitative estimate of drug-likeness (QED) is 0.578. The molecule has 7 heteroatoms. The Morgan fingerprint density at radius 1 is 1.28 bits per heavy atom. The van der Waals surface area contributed by atoms with Gasteiger partial charge < -0.3 is 4.90 Å². The van der Waals surface area contributed by atoms with Crippen molar-refractivity contribution in [2.24, 2.45) is 0 Å². The highest BCUT2D eigenvalue weighted by Gasteiger charge is 2.47. The smallest absolute Gasteiger partial charge is 0.309 e. The van der Waals surface area contributed by atoms with Crippen LogP contribution in [0.15, 0.2) is 30.3 Å². The van der Waals surface area contributed by atoms with E-state index < -0.39 is 6.04 Å². The predicted octanol–water partition coefficient (Wildman–Crippen LogP) is 2.23. The van der Waals surface area contributed by atoms with Crippen LogP contribution >= 0.6 is 0 Å². The van der Waals surface area contributed by atoms with Gasteiger partial charge in [-0.15, -0.1) is 0 Å². The Kier molecular flexibility index (Phi) is 5.88. The summed E-state index contributed by atoms with van der Waals surface area (Å²) in [6, 6.07) is 8.92. The largest absolute Gasteiger partial charge is 0.345 e. The number of hydrogen-bond acceptors (Lipinski definition) is 4. The summed E-state index contributed by atoms with van der Waals surface area (Å²) < 4.78 is 0. The summed E-state index contributed by atoms with van der Waals surface area (Å²) in [4.78, 5) is 37.4. The first-order chi connectivity index (χ1) is 12.2. The minimum absolute atomic E-state index is 0.0404. The van der Waals surface area contributed by atoms with Crippen molar-refractivity contribution in [3.8, 4) is 0 Å². The molecular formula is C18H25N3O4. The van der Waals surface area contributed by atoms with E-state index in [0.717, 1.165) is 24.8 Å². The van der Waals surface area contributed by atoms with Crippen LogP contribution in [0.2, 0.25) is 0 Å². The number of rotatable bonds is 8. The molecular weight excluding hydrogens is 322 g/mol. The van der Waals surface area contributed by atoms with Crippen LogP contribution in [0.3, 0.4) is 0 Å². The maximum absolute atomic E-state index is 12.5. The van der Waals surface area contributed by atoms with Crippen molar-refractivity contribution in [2.75, 3.05) is 13.2 Å². The van der Waals surface area contributed by atoms with Gasteiger partial charge in [-0.25, -0.2) is 10.3 Å². The molecule has 25 heavy (non-hydrogen) atoms. The number of nitrogens with zero attached hydrogens (tertiary/aromatic N) is 2. The van der Waals surface area contributed by atoms with E-state index in [4.69, 9.17) is 9.68 Å². The number of hydroxylamine groups is 3. The Labute approximate surface area is 147 Å². The highest BCUT2D eigenvalue weighted by atomic mass is 16.7. The van der Waals surface area contributed by atoms with Gasteiger partial charge in [-0.2, -0.15) is 5.06 Å². The molecule has 0 aliphatic carbocycles. The molecule has 7 nitrogen and oxygen atoms in total. The number of fused-ring (bicyclic) bond motifs is 2. The average molecular weight is 347 g/mol. The van der Waals surface area contributed by atoms with E-state index in [1.54, 1.807) is 4.90 Å². The molecule has 2 saturated heterocycles. The molecule has 1 aromatic carbocycles. The highest BCUT2D eigenvalue weighted by molar-refractivity contribution is 5.88. The molecule has 2 atom stereocenters. The average Bonchev–Trinajstić information content (AvgIpc) is 2.87. The van der Waals surface area contributed by atoms with E-state index in [2.05, 4.69) is 12.4 Å². The van der Waals surface area contributed by atoms with Gasteiger partial charge in [-0.3, -0.25) is 14.5 Å². The van der Waals surface area contributed by atoms with Crippen LogP contribution in [0.25, 0.3) is 0 Å². The molecule has 0 aromatic heterocycles. The first-order valence-electron chi connectivity index (χ1n) is 8.89. The molecule has 3 amide bonds. The maximum atomic E-state index is 12.5. The fourth-order valence-corrected chi connectivity index (χ4v) is 3.21. The number of piperidine rings is 1. The zero-order chi connectivity index (χ0) is 17.6. The van der Waals surface area contributed by atoms with Crippen molar-refractivity contribution in [2.45, 2.75) is 51.3 Å². The number of benzene rings is 1. The lowest BCUT2D eigenvalue weighted by Gasteiger charge is -2.28. The molecule has 136 valence electrons. The normalized spacial score (nSPS) is 22.4. The van der Waals surface area contributed by atoms with E-state index in [9.17, 15) is 9.59 Å². The lowest BCUT2D eigenvalue weighted by atomic mass is 10.0. The minimum atomic E-state index is -0.501. The zero-order valence-corrected chi connectivity index (χ0v) is 14.5. The van der Waals surface area contributed by atoms with E-state index in [1.165, 1.54) is 5.06 Å². The first kappa shape index (κ1) is 17.7. The van der Waals surface area contributed by atoms with Gasteiger partial charge in [0.25, 0.3) is 5.91 Å². The molecule has 2 aliphatic heterocycles. The second-order valence-corrected chi connectivity index (χ2v) is 6.44. The zero-order valence-electron chi connectivity index (χ0n) is 14.5. The Hall–Kier alpha value is -2.12. The maximum Gasteiger partial charge on any atom is 0.345 e. The predicted molar refractivity (Wildman–Crippen MR) is 91.0 cm³/mol. The van der Waals surface area contributed by atoms with Crippen molar-refractivity contribution in [3.63, 3.8) is 0 Å². The fourth-order valence-electron chi connectivity index (χ4n) is 3.21. The van der Waals surface area contributed by atoms with Gasteiger partial charge >= 0.3 is 6.03 Å². The second-order valence-electron chi connectivity index (χ2n) is 6.44. The standard InChI is InChI=1S/C18H25N3O4/c1-2-3-11-25-21-15-9-10-16(20(12-15)18(21)23)17(22)19-24-13-14-7-5-4-6-8-14/h4-8,15-16H,2-3,9-13H2,1H3,(H,19,22)/t15?,16-/m0/s1. The monoisotopic (exact) mass is 347 g/mol. The van der Waals surface area contributed by atoms with Crippen LogP contribution < -0.4 is 5.48 Å². The van der Waals surface area contributed by atoms with Crippen LogP contribution in [0, 0.1) is 0 Å². The molecule has 0 radical (unpaired) electrons. The van der Waals surface area contributed by atoms with Crippen LogP contribution in [0.1, 0.15) is 38.2 Å². The number of hydrogen-bond donors (Lipinski definition) is 1. The Bertz CT molecular complexity index is 595. The summed E-state index contributed by atoms with van der Waals surface area (Å²) in [5.74, 6) is -0.280. The number of carbonyl (C=O) groups is 2. The van der Waals surface area contributed by atoms with E-state index >= 15 is 0 Å². The van der Waals surface area contributed by atoms with Crippen LogP contribution in [-0.2, 0) is 21.1 Å². The van der Waals surface area contributed by atoms with Gasteiger partial charge in [0.15, 0.2) is 0 Å². The SMILES string of the molecule is CCCCON1C(=O)N2CC1CC[C@H]2C(=O)NOCc1ccccc1. The molecule has 1 unspecified atom stereocenters. The van der Waals surface area contributed by atoms with Gasteiger partial charge in [-0.05, 0) is 24.8 Å². The van der Waals surface area contributed by atoms with E-state index in [0.29, 0.717) is 26.2 Å². The molecule has 3 rings (SSSR count). The number of urea groups is 1. The Morgan fingerprint density at radius 3 is 2.84 bits per heavy atom. The van der Waals surface area contributed by atoms with Crippen LogP contribution in [-0.4, -0.2) is 47.1 Å². The first-order valence-corrected chi connectivity index (χ1v) is 8.89. The van der Waals surface area contributed by atoms with Crippen molar-refractivity contribution in [1.82, 2.24) is 15.4 Å². The summed E-state index contributed by atoms with van der Waals surface area (Å²) in [5, 5.41) is 1.45. The molecule has 2 fully saturated rings. The van der Waals surface area contributed by atoms with Gasteiger partial charge in [0.2, 0.25) is 0 Å². The summed E-state index contributed by atoms with van der Waals surface area (Å²) >= 11 is 0. The number of amides is 3. The Morgan fingerprint density at radius 2 is 2.08 bits per heavy atom. The van der Waals surface area contributed by atoms with Crippen molar-refractivity contribution in [3.05, 3.63) is 35.9 Å². The molecule has 2 aliphatic rings. The summed E-state index contributed by atoms with van der Waals surface area (Å²) in [7, 11) is 0. The lowest BCUT2D eigenvalue weighted by molar-refractivity contribution is -0.140. The van der Waals surface area contributed by atoms with Gasteiger partial charge in [0, 0.05) is 6.54 Å².